The summed E-state index contributed by atoms with van der Waals surface area (Å²) in [5.41, 5.74) is 3.92. The highest BCUT2D eigenvalue weighted by molar-refractivity contribution is 6.07. The molecule has 0 spiro atoms. The molecule has 0 radical (unpaired) electrons. The molecule has 3 aromatic rings. The molecule has 0 unspecified atom stereocenters. The molecule has 0 bridgehead atoms. The van der Waals surface area contributed by atoms with Crippen molar-refractivity contribution < 1.29 is 14.3 Å². The van der Waals surface area contributed by atoms with E-state index in [4.69, 9.17) is 4.74 Å². The summed E-state index contributed by atoms with van der Waals surface area (Å²) in [5, 5.41) is 5.71. The van der Waals surface area contributed by atoms with Crippen molar-refractivity contribution in [3.05, 3.63) is 101 Å². The van der Waals surface area contributed by atoms with Crippen molar-refractivity contribution in [2.75, 3.05) is 19.0 Å². The minimum Gasteiger partial charge on any atom is -0.496 e. The average molecular weight is 415 g/mol. The van der Waals surface area contributed by atoms with Gasteiger partial charge < -0.3 is 15.4 Å². The van der Waals surface area contributed by atoms with Crippen molar-refractivity contribution in [2.45, 2.75) is 13.3 Å². The van der Waals surface area contributed by atoms with Crippen LogP contribution < -0.4 is 15.4 Å². The Labute approximate surface area is 182 Å². The van der Waals surface area contributed by atoms with Crippen LogP contribution >= 0.6 is 0 Å². The van der Waals surface area contributed by atoms with Gasteiger partial charge in [-0.1, -0.05) is 54.1 Å². The molecule has 3 rings (SSSR count). The number of hydrogen-bond acceptors (Lipinski definition) is 3. The molecule has 3 aromatic carbocycles. The van der Waals surface area contributed by atoms with E-state index < -0.39 is 0 Å². The minimum atomic E-state index is -0.326. The number of nitrogens with one attached hydrogen (secondary N) is 2. The van der Waals surface area contributed by atoms with Gasteiger partial charge in [0.1, 0.15) is 5.75 Å². The molecule has 5 nitrogen and oxygen atoms in total. The molecular weight excluding hydrogens is 388 g/mol. The average Bonchev–Trinajstić information content (AvgIpc) is 2.79. The van der Waals surface area contributed by atoms with Gasteiger partial charge in [0.2, 0.25) is 5.91 Å². The van der Waals surface area contributed by atoms with Crippen LogP contribution in [0.2, 0.25) is 0 Å². The molecule has 0 heterocycles. The lowest BCUT2D eigenvalue weighted by molar-refractivity contribution is -0.111. The van der Waals surface area contributed by atoms with Crippen molar-refractivity contribution in [1.82, 2.24) is 5.32 Å². The fourth-order valence-corrected chi connectivity index (χ4v) is 3.17. The summed E-state index contributed by atoms with van der Waals surface area (Å²) in [6.07, 6.45) is 3.87. The number of carbonyl (C=O) groups is 2. The third-order valence-electron chi connectivity index (χ3n) is 4.77. The van der Waals surface area contributed by atoms with Crippen LogP contribution in [0.25, 0.3) is 6.08 Å². The molecular formula is C26H26N2O3. The van der Waals surface area contributed by atoms with Crippen LogP contribution in [0.3, 0.4) is 0 Å². The number of para-hydroxylation sites is 1. The molecule has 2 amide bonds. The number of methoxy groups -OCH3 is 1. The summed E-state index contributed by atoms with van der Waals surface area (Å²) in [5.74, 6) is 0.136. The topological polar surface area (TPSA) is 67.4 Å². The Kier molecular flexibility index (Phi) is 7.60. The van der Waals surface area contributed by atoms with E-state index in [1.807, 2.05) is 55.5 Å². The smallest absolute Gasteiger partial charge is 0.253 e. The molecule has 0 saturated heterocycles. The summed E-state index contributed by atoms with van der Waals surface area (Å²) >= 11 is 0. The van der Waals surface area contributed by atoms with Crippen LogP contribution in [0.1, 0.15) is 27.0 Å². The van der Waals surface area contributed by atoms with E-state index >= 15 is 0 Å². The quantitative estimate of drug-likeness (QED) is 0.528. The zero-order valence-corrected chi connectivity index (χ0v) is 17.7. The summed E-state index contributed by atoms with van der Waals surface area (Å²) in [4.78, 5) is 25.1. The first-order valence-electron chi connectivity index (χ1n) is 10.1. The number of aryl methyl sites for hydroxylation is 1. The number of ether oxygens (including phenoxy) is 1. The van der Waals surface area contributed by atoms with Gasteiger partial charge in [0.15, 0.2) is 0 Å². The van der Waals surface area contributed by atoms with Gasteiger partial charge in [0.25, 0.3) is 5.91 Å². The predicted molar refractivity (Wildman–Crippen MR) is 124 cm³/mol. The molecule has 0 aromatic heterocycles. The molecule has 31 heavy (non-hydrogen) atoms. The molecule has 2 N–H and O–H groups in total. The molecule has 5 heteroatoms. The van der Waals surface area contributed by atoms with Gasteiger partial charge in [-0.3, -0.25) is 9.59 Å². The highest BCUT2D eigenvalue weighted by atomic mass is 16.5. The number of anilines is 1. The van der Waals surface area contributed by atoms with Crippen LogP contribution in [0.5, 0.6) is 5.75 Å². The number of carbonyl (C=O) groups excluding carboxylic acids is 2. The van der Waals surface area contributed by atoms with Crippen molar-refractivity contribution in [2.24, 2.45) is 0 Å². The Bertz CT molecular complexity index is 1080. The lowest BCUT2D eigenvalue weighted by Crippen LogP contribution is -2.27. The van der Waals surface area contributed by atoms with E-state index in [0.29, 0.717) is 23.5 Å². The molecule has 0 fully saturated rings. The Balaban J connectivity index is 1.64. The van der Waals surface area contributed by atoms with E-state index in [1.165, 1.54) is 6.08 Å². The zero-order valence-electron chi connectivity index (χ0n) is 17.7. The fraction of sp³-hybridized carbons (Fsp3) is 0.154. The summed E-state index contributed by atoms with van der Waals surface area (Å²) in [6.45, 7) is 2.49. The molecule has 0 aliphatic heterocycles. The molecule has 158 valence electrons. The first-order valence-corrected chi connectivity index (χ1v) is 10.1. The molecule has 0 saturated carbocycles. The van der Waals surface area contributed by atoms with E-state index in [9.17, 15) is 9.59 Å². The Morgan fingerprint density at radius 2 is 1.71 bits per heavy atom. The van der Waals surface area contributed by atoms with E-state index in [1.54, 1.807) is 37.5 Å². The number of rotatable bonds is 8. The van der Waals surface area contributed by atoms with Crippen LogP contribution in [-0.4, -0.2) is 25.5 Å². The minimum absolute atomic E-state index is 0.226. The van der Waals surface area contributed by atoms with Gasteiger partial charge in [-0.25, -0.2) is 0 Å². The van der Waals surface area contributed by atoms with Gasteiger partial charge in [-0.2, -0.15) is 0 Å². The lowest BCUT2D eigenvalue weighted by Gasteiger charge is -2.11. The van der Waals surface area contributed by atoms with Gasteiger partial charge in [0, 0.05) is 18.2 Å². The second-order valence-electron chi connectivity index (χ2n) is 7.11. The Morgan fingerprint density at radius 3 is 2.48 bits per heavy atom. The zero-order chi connectivity index (χ0) is 22.1. The summed E-state index contributed by atoms with van der Waals surface area (Å²) < 4.78 is 5.34. The lowest BCUT2D eigenvalue weighted by atomic mass is 10.1. The van der Waals surface area contributed by atoms with Crippen molar-refractivity contribution in [3.8, 4) is 5.75 Å². The number of amides is 2. The predicted octanol–water partition coefficient (Wildman–Crippen LogP) is 4.63. The largest absolute Gasteiger partial charge is 0.496 e. The maximum absolute atomic E-state index is 12.6. The first-order chi connectivity index (χ1) is 15.1. The van der Waals surface area contributed by atoms with Gasteiger partial charge >= 0.3 is 0 Å². The normalized spacial score (nSPS) is 10.6. The number of hydrogen-bond donors (Lipinski definition) is 2. The second-order valence-corrected chi connectivity index (χ2v) is 7.11. The van der Waals surface area contributed by atoms with E-state index in [2.05, 4.69) is 10.6 Å². The van der Waals surface area contributed by atoms with Gasteiger partial charge in [0.05, 0.1) is 18.4 Å². The third-order valence-corrected chi connectivity index (χ3v) is 4.77. The molecule has 0 atom stereocenters. The monoisotopic (exact) mass is 414 g/mol. The fourth-order valence-electron chi connectivity index (χ4n) is 3.17. The van der Waals surface area contributed by atoms with Crippen LogP contribution in [0, 0.1) is 6.92 Å². The van der Waals surface area contributed by atoms with Crippen LogP contribution in [0.15, 0.2) is 78.9 Å². The SMILES string of the molecule is COc1ccc(C)cc1/C=C/C(=O)Nc1ccccc1C(=O)NCCc1ccccc1. The maximum Gasteiger partial charge on any atom is 0.253 e. The number of benzene rings is 3. The second kappa shape index (κ2) is 10.8. The van der Waals surface area contributed by atoms with Gasteiger partial charge in [-0.05, 0) is 49.2 Å². The molecule has 0 aliphatic carbocycles. The highest BCUT2D eigenvalue weighted by Crippen LogP contribution is 2.21. The first kappa shape index (κ1) is 21.8. The Morgan fingerprint density at radius 1 is 0.968 bits per heavy atom. The summed E-state index contributed by atoms with van der Waals surface area (Å²) in [7, 11) is 1.59. The van der Waals surface area contributed by atoms with E-state index in [0.717, 1.165) is 23.1 Å². The van der Waals surface area contributed by atoms with Crippen LogP contribution in [-0.2, 0) is 11.2 Å². The molecule has 0 aliphatic rings. The summed E-state index contributed by atoms with van der Waals surface area (Å²) in [6, 6.07) is 22.7. The Hall–Kier alpha value is -3.86. The van der Waals surface area contributed by atoms with Crippen LogP contribution in [0.4, 0.5) is 5.69 Å². The van der Waals surface area contributed by atoms with Crippen molar-refractivity contribution in [3.63, 3.8) is 0 Å². The highest BCUT2D eigenvalue weighted by Gasteiger charge is 2.12. The van der Waals surface area contributed by atoms with Gasteiger partial charge in [-0.15, -0.1) is 0 Å². The van der Waals surface area contributed by atoms with E-state index in [-0.39, 0.29) is 11.8 Å². The van der Waals surface area contributed by atoms with Crippen molar-refractivity contribution in [1.29, 1.82) is 0 Å². The van der Waals surface area contributed by atoms with Crippen molar-refractivity contribution >= 4 is 23.6 Å². The maximum atomic E-state index is 12.6. The standard InChI is InChI=1S/C26H26N2O3/c1-19-12-14-24(31-2)21(18-19)13-15-25(29)28-23-11-7-6-10-22(23)26(30)27-17-16-20-8-4-3-5-9-20/h3-15,18H,16-17H2,1-2H3,(H,27,30)(H,28,29)/b15-13+. The third kappa shape index (κ3) is 6.31.